The number of benzene rings is 2. The summed E-state index contributed by atoms with van der Waals surface area (Å²) < 4.78 is 8.56. The summed E-state index contributed by atoms with van der Waals surface area (Å²) in [6.07, 6.45) is 1.59. The van der Waals surface area contributed by atoms with E-state index in [1.807, 2.05) is 43.3 Å². The van der Waals surface area contributed by atoms with Gasteiger partial charge in [0.05, 0.1) is 18.2 Å². The van der Waals surface area contributed by atoms with Gasteiger partial charge in [-0.1, -0.05) is 24.3 Å². The molecule has 0 spiro atoms. The summed E-state index contributed by atoms with van der Waals surface area (Å²) >= 11 is 1.60. The van der Waals surface area contributed by atoms with E-state index in [0.717, 1.165) is 28.5 Å². The molecule has 0 unspecified atom stereocenters. The fraction of sp³-hybridized carbons (Fsp3) is 0.368. The van der Waals surface area contributed by atoms with Crippen molar-refractivity contribution >= 4 is 28.8 Å². The minimum absolute atomic E-state index is 0.216. The Morgan fingerprint density at radius 1 is 1.28 bits per heavy atom. The number of fused-ring (bicyclic) bond motifs is 1. The van der Waals surface area contributed by atoms with Crippen LogP contribution in [0.15, 0.2) is 41.3 Å². The van der Waals surface area contributed by atoms with Crippen molar-refractivity contribution in [2.75, 3.05) is 19.7 Å². The van der Waals surface area contributed by atoms with E-state index in [-0.39, 0.29) is 6.09 Å². The van der Waals surface area contributed by atoms with Crippen molar-refractivity contribution in [1.29, 1.82) is 5.26 Å². The van der Waals surface area contributed by atoms with Crippen molar-refractivity contribution in [3.05, 3.63) is 42.0 Å². The molecule has 1 N–H and O–H groups in total. The molecule has 6 heteroatoms. The average molecular weight is 355 g/mol. The molecule has 0 radical (unpaired) electrons. The van der Waals surface area contributed by atoms with Crippen LogP contribution in [-0.4, -0.2) is 36.7 Å². The number of ether oxygens (including phenoxy) is 1. The largest absolute Gasteiger partial charge is 0.450 e. The minimum atomic E-state index is -0.216. The topological polar surface area (TPSA) is 65.4 Å². The first kappa shape index (κ1) is 17.6. The Bertz CT molecular complexity index is 795. The van der Waals surface area contributed by atoms with Crippen molar-refractivity contribution in [3.8, 4) is 6.07 Å². The zero-order chi connectivity index (χ0) is 17.6. The summed E-state index contributed by atoms with van der Waals surface area (Å²) in [4.78, 5) is 14.6. The second-order valence-corrected chi connectivity index (χ2v) is 6.83. The normalized spacial score (nSPS) is 15.1. The molecule has 130 valence electrons. The molecule has 1 aliphatic heterocycles. The van der Waals surface area contributed by atoms with Crippen LogP contribution in [0.4, 0.5) is 4.79 Å². The smallest absolute Gasteiger partial charge is 0.409 e. The molecular weight excluding hydrogens is 334 g/mol. The van der Waals surface area contributed by atoms with Gasteiger partial charge in [-0.15, -0.1) is 0 Å². The van der Waals surface area contributed by atoms with Crippen molar-refractivity contribution < 1.29 is 9.53 Å². The molecule has 1 fully saturated rings. The van der Waals surface area contributed by atoms with Gasteiger partial charge >= 0.3 is 6.09 Å². The highest BCUT2D eigenvalue weighted by molar-refractivity contribution is 7.97. The lowest BCUT2D eigenvalue weighted by Crippen LogP contribution is -2.43. The molecule has 5 nitrogen and oxygen atoms in total. The number of carbonyl (C=O) groups excluding carboxylic acids is 1. The Kier molecular flexibility index (Phi) is 5.79. The van der Waals surface area contributed by atoms with Crippen molar-refractivity contribution in [3.63, 3.8) is 0 Å². The van der Waals surface area contributed by atoms with Gasteiger partial charge in [0.2, 0.25) is 0 Å². The Labute approximate surface area is 152 Å². The third kappa shape index (κ3) is 4.06. The number of nitriles is 1. The highest BCUT2D eigenvalue weighted by Gasteiger charge is 2.23. The summed E-state index contributed by atoms with van der Waals surface area (Å²) in [5.41, 5.74) is 0.697. The Morgan fingerprint density at radius 3 is 2.68 bits per heavy atom. The molecule has 3 rings (SSSR count). The van der Waals surface area contributed by atoms with Crippen LogP contribution in [0.3, 0.4) is 0 Å². The third-order valence-corrected chi connectivity index (χ3v) is 5.39. The van der Waals surface area contributed by atoms with Crippen molar-refractivity contribution in [2.45, 2.75) is 30.7 Å². The number of nitrogens with zero attached hydrogens (tertiary/aromatic N) is 2. The third-order valence-electron chi connectivity index (χ3n) is 4.36. The summed E-state index contributed by atoms with van der Waals surface area (Å²) in [6.45, 7) is 3.67. The first-order valence-corrected chi connectivity index (χ1v) is 9.30. The summed E-state index contributed by atoms with van der Waals surface area (Å²) in [5.74, 6) is 0. The van der Waals surface area contributed by atoms with E-state index in [9.17, 15) is 10.1 Å². The molecule has 2 aromatic carbocycles. The maximum atomic E-state index is 11.7. The van der Waals surface area contributed by atoms with Gasteiger partial charge in [-0.05, 0) is 49.2 Å². The molecule has 1 amide bonds. The predicted molar refractivity (Wildman–Crippen MR) is 99.3 cm³/mol. The van der Waals surface area contributed by atoms with E-state index < -0.39 is 0 Å². The summed E-state index contributed by atoms with van der Waals surface area (Å²) in [6, 6.07) is 14.4. The molecule has 0 atom stereocenters. The standard InChI is InChI=1S/C19H21N3O2S/c1-2-24-19(23)22-11-9-15(10-12-22)21-25-18-8-7-14(13-20)16-5-3-4-6-17(16)18/h3-8,15,21H,2,9-12H2,1H3. The van der Waals surface area contributed by atoms with Crippen LogP contribution in [0, 0.1) is 11.3 Å². The van der Waals surface area contributed by atoms with E-state index in [1.54, 1.807) is 16.8 Å². The lowest BCUT2D eigenvalue weighted by Gasteiger charge is -2.31. The van der Waals surface area contributed by atoms with Crippen LogP contribution in [0.25, 0.3) is 10.8 Å². The predicted octanol–water partition coefficient (Wildman–Crippen LogP) is 3.93. The van der Waals surface area contributed by atoms with E-state index in [1.165, 1.54) is 0 Å². The van der Waals surface area contributed by atoms with Crippen LogP contribution >= 0.6 is 11.9 Å². The summed E-state index contributed by atoms with van der Waals surface area (Å²) in [5, 5.41) is 11.3. The van der Waals surface area contributed by atoms with Gasteiger partial charge in [0.1, 0.15) is 0 Å². The fourth-order valence-corrected chi connectivity index (χ4v) is 3.95. The number of nitrogens with one attached hydrogen (secondary N) is 1. The van der Waals surface area contributed by atoms with Gasteiger partial charge in [-0.2, -0.15) is 5.26 Å². The highest BCUT2D eigenvalue weighted by atomic mass is 32.2. The molecule has 1 saturated heterocycles. The van der Waals surface area contributed by atoms with E-state index in [4.69, 9.17) is 4.74 Å². The van der Waals surface area contributed by atoms with Gasteiger partial charge in [0, 0.05) is 29.4 Å². The number of amides is 1. The van der Waals surface area contributed by atoms with Gasteiger partial charge < -0.3 is 9.64 Å². The zero-order valence-corrected chi connectivity index (χ0v) is 15.0. The number of hydrogen-bond acceptors (Lipinski definition) is 5. The Morgan fingerprint density at radius 2 is 2.00 bits per heavy atom. The van der Waals surface area contributed by atoms with Crippen LogP contribution in [0.1, 0.15) is 25.3 Å². The van der Waals surface area contributed by atoms with Crippen LogP contribution < -0.4 is 4.72 Å². The van der Waals surface area contributed by atoms with Crippen LogP contribution in [0.2, 0.25) is 0 Å². The van der Waals surface area contributed by atoms with E-state index in [2.05, 4.69) is 10.8 Å². The maximum absolute atomic E-state index is 11.7. The second kappa shape index (κ2) is 8.24. The quantitative estimate of drug-likeness (QED) is 0.842. The second-order valence-electron chi connectivity index (χ2n) is 5.95. The Balaban J connectivity index is 1.61. The zero-order valence-electron chi connectivity index (χ0n) is 14.2. The minimum Gasteiger partial charge on any atom is -0.450 e. The van der Waals surface area contributed by atoms with Gasteiger partial charge in [-0.25, -0.2) is 4.79 Å². The highest BCUT2D eigenvalue weighted by Crippen LogP contribution is 2.29. The van der Waals surface area contributed by atoms with E-state index in [0.29, 0.717) is 31.3 Å². The average Bonchev–Trinajstić information content (AvgIpc) is 2.66. The van der Waals surface area contributed by atoms with Crippen LogP contribution in [0.5, 0.6) is 0 Å². The molecule has 1 heterocycles. The van der Waals surface area contributed by atoms with Crippen molar-refractivity contribution in [1.82, 2.24) is 9.62 Å². The molecule has 0 aromatic heterocycles. The van der Waals surface area contributed by atoms with Crippen LogP contribution in [-0.2, 0) is 4.74 Å². The molecule has 0 bridgehead atoms. The van der Waals surface area contributed by atoms with Gasteiger partial charge in [-0.3, -0.25) is 4.72 Å². The SMILES string of the molecule is CCOC(=O)N1CCC(NSc2ccc(C#N)c3ccccc23)CC1. The first-order chi connectivity index (χ1) is 12.2. The fourth-order valence-electron chi connectivity index (χ4n) is 3.00. The lowest BCUT2D eigenvalue weighted by atomic mass is 10.1. The molecule has 1 aliphatic rings. The van der Waals surface area contributed by atoms with E-state index >= 15 is 0 Å². The van der Waals surface area contributed by atoms with Gasteiger partial charge in [0.25, 0.3) is 0 Å². The number of hydrogen-bond donors (Lipinski definition) is 1. The monoisotopic (exact) mass is 355 g/mol. The Hall–Kier alpha value is -2.23. The number of piperidine rings is 1. The molecule has 25 heavy (non-hydrogen) atoms. The molecule has 2 aromatic rings. The van der Waals surface area contributed by atoms with Crippen molar-refractivity contribution in [2.24, 2.45) is 0 Å². The number of carbonyl (C=O) groups is 1. The first-order valence-electron chi connectivity index (χ1n) is 8.49. The molecule has 0 saturated carbocycles. The number of rotatable bonds is 4. The van der Waals surface area contributed by atoms with Gasteiger partial charge in [0.15, 0.2) is 0 Å². The number of likely N-dealkylation sites (tertiary alicyclic amines) is 1. The molecule has 0 aliphatic carbocycles. The summed E-state index contributed by atoms with van der Waals surface area (Å²) in [7, 11) is 0. The molecular formula is C19H21N3O2S. The maximum Gasteiger partial charge on any atom is 0.409 e. The lowest BCUT2D eigenvalue weighted by molar-refractivity contribution is 0.0967.